The molecule has 3 heterocycles. The van der Waals surface area contributed by atoms with Crippen LogP contribution in [0.5, 0.6) is 0 Å². The van der Waals surface area contributed by atoms with Crippen LogP contribution in [0.3, 0.4) is 0 Å². The maximum Gasteiger partial charge on any atom is 0.272 e. The highest BCUT2D eigenvalue weighted by Crippen LogP contribution is 2.37. The first-order valence-electron chi connectivity index (χ1n) is 10.0. The van der Waals surface area contributed by atoms with Gasteiger partial charge in [0.2, 0.25) is 5.91 Å². The van der Waals surface area contributed by atoms with Crippen molar-refractivity contribution in [3.63, 3.8) is 0 Å². The van der Waals surface area contributed by atoms with E-state index < -0.39 is 5.41 Å². The van der Waals surface area contributed by atoms with Gasteiger partial charge >= 0.3 is 0 Å². The minimum atomic E-state index is -0.683. The predicted octanol–water partition coefficient (Wildman–Crippen LogP) is 2.96. The molecule has 6 nitrogen and oxygen atoms in total. The molecule has 0 radical (unpaired) electrons. The largest absolute Gasteiger partial charge is 0.359 e. The number of amides is 2. The van der Waals surface area contributed by atoms with E-state index in [1.54, 1.807) is 42.5 Å². The lowest BCUT2D eigenvalue weighted by molar-refractivity contribution is -0.129. The fourth-order valence-electron chi connectivity index (χ4n) is 4.21. The molecule has 1 N–H and O–H groups in total. The summed E-state index contributed by atoms with van der Waals surface area (Å²) in [7, 11) is 1.65. The van der Waals surface area contributed by atoms with Crippen LogP contribution in [0, 0.1) is 5.41 Å². The summed E-state index contributed by atoms with van der Waals surface area (Å²) >= 11 is 0. The summed E-state index contributed by atoms with van der Waals surface area (Å²) in [6, 6.07) is 17.3. The first-order valence-corrected chi connectivity index (χ1v) is 10.0. The molecule has 152 valence electrons. The van der Waals surface area contributed by atoms with Gasteiger partial charge in [0.25, 0.3) is 5.91 Å². The van der Waals surface area contributed by atoms with Gasteiger partial charge in [-0.1, -0.05) is 36.4 Å². The molecule has 2 amide bonds. The van der Waals surface area contributed by atoms with Crippen LogP contribution in [-0.4, -0.2) is 46.8 Å². The van der Waals surface area contributed by atoms with Crippen molar-refractivity contribution in [3.8, 4) is 11.1 Å². The first kappa shape index (κ1) is 19.8. The van der Waals surface area contributed by atoms with Crippen molar-refractivity contribution in [1.29, 1.82) is 0 Å². The van der Waals surface area contributed by atoms with Gasteiger partial charge in [-0.2, -0.15) is 0 Å². The van der Waals surface area contributed by atoms with Gasteiger partial charge in [0.05, 0.1) is 5.41 Å². The second kappa shape index (κ2) is 8.45. The van der Waals surface area contributed by atoms with E-state index in [1.807, 2.05) is 30.5 Å². The number of carbonyl (C=O) groups is 2. The highest BCUT2D eigenvalue weighted by molar-refractivity contribution is 5.94. The van der Waals surface area contributed by atoms with Crippen molar-refractivity contribution >= 4 is 11.8 Å². The zero-order chi connectivity index (χ0) is 21.0. The van der Waals surface area contributed by atoms with E-state index >= 15 is 0 Å². The van der Waals surface area contributed by atoms with Gasteiger partial charge < -0.3 is 10.2 Å². The van der Waals surface area contributed by atoms with E-state index in [4.69, 9.17) is 0 Å². The van der Waals surface area contributed by atoms with Gasteiger partial charge in [0, 0.05) is 44.3 Å². The molecule has 1 atom stereocenters. The van der Waals surface area contributed by atoms with Gasteiger partial charge in [-0.3, -0.25) is 19.6 Å². The SMILES string of the molecule is CNC(=O)[C@@]1(Cc2ccccc2-c2cccnc2)CCN(C(=O)c2ccccn2)C1. The monoisotopic (exact) mass is 400 g/mol. The maximum absolute atomic E-state index is 13.0. The molecule has 1 aliphatic heterocycles. The fraction of sp³-hybridized carbons (Fsp3) is 0.250. The number of aromatic nitrogens is 2. The topological polar surface area (TPSA) is 75.2 Å². The van der Waals surface area contributed by atoms with Gasteiger partial charge in [-0.05, 0) is 42.2 Å². The first-order chi connectivity index (χ1) is 14.6. The van der Waals surface area contributed by atoms with Crippen LogP contribution in [0.15, 0.2) is 73.2 Å². The van der Waals surface area contributed by atoms with Crippen LogP contribution >= 0.6 is 0 Å². The van der Waals surface area contributed by atoms with Crippen molar-refractivity contribution in [2.45, 2.75) is 12.8 Å². The van der Waals surface area contributed by atoms with Gasteiger partial charge in [-0.25, -0.2) is 0 Å². The summed E-state index contributed by atoms with van der Waals surface area (Å²) in [4.78, 5) is 36.1. The Morgan fingerprint density at radius 1 is 1.07 bits per heavy atom. The molecule has 6 heteroatoms. The molecular formula is C24H24N4O2. The molecule has 4 rings (SSSR count). The lowest BCUT2D eigenvalue weighted by Crippen LogP contribution is -2.44. The van der Waals surface area contributed by atoms with E-state index in [1.165, 1.54) is 0 Å². The quantitative estimate of drug-likeness (QED) is 0.715. The molecule has 3 aromatic rings. The third-order valence-corrected chi connectivity index (χ3v) is 5.75. The summed E-state index contributed by atoms with van der Waals surface area (Å²) in [6.45, 7) is 0.890. The van der Waals surface area contributed by atoms with Crippen LogP contribution < -0.4 is 5.32 Å². The minimum absolute atomic E-state index is 0.0418. The Hall–Kier alpha value is -3.54. The third kappa shape index (κ3) is 3.81. The molecule has 0 unspecified atom stereocenters. The average Bonchev–Trinajstić information content (AvgIpc) is 3.24. The number of carbonyl (C=O) groups excluding carboxylic acids is 2. The number of nitrogens with one attached hydrogen (secondary N) is 1. The standard InChI is InChI=1S/C24H24N4O2/c1-25-23(30)24(11-14-28(17-24)22(29)21-10-4-5-13-27-21)15-18-7-2-3-9-20(18)19-8-6-12-26-16-19/h2-10,12-13,16H,11,14-15,17H2,1H3,(H,25,30)/t24-/m1/s1. The van der Waals surface area contributed by atoms with Crippen LogP contribution in [0.2, 0.25) is 0 Å². The van der Waals surface area contributed by atoms with Gasteiger partial charge in [-0.15, -0.1) is 0 Å². The van der Waals surface area contributed by atoms with Crippen molar-refractivity contribution < 1.29 is 9.59 Å². The Morgan fingerprint density at radius 2 is 1.90 bits per heavy atom. The molecule has 0 aliphatic carbocycles. The molecule has 30 heavy (non-hydrogen) atoms. The number of benzene rings is 1. The van der Waals surface area contributed by atoms with Crippen LogP contribution in [0.1, 0.15) is 22.5 Å². The zero-order valence-corrected chi connectivity index (χ0v) is 16.9. The smallest absolute Gasteiger partial charge is 0.272 e. The van der Waals surface area contributed by atoms with E-state index in [9.17, 15) is 9.59 Å². The van der Waals surface area contributed by atoms with E-state index in [0.717, 1.165) is 16.7 Å². The molecule has 1 aromatic carbocycles. The van der Waals surface area contributed by atoms with E-state index in [0.29, 0.717) is 31.6 Å². The lowest BCUT2D eigenvalue weighted by Gasteiger charge is -2.28. The molecule has 0 saturated carbocycles. The Balaban J connectivity index is 1.64. The van der Waals surface area contributed by atoms with Crippen molar-refractivity contribution in [2.24, 2.45) is 5.41 Å². The second-order valence-corrected chi connectivity index (χ2v) is 7.63. The van der Waals surface area contributed by atoms with Crippen LogP contribution in [0.4, 0.5) is 0 Å². The summed E-state index contributed by atoms with van der Waals surface area (Å²) in [5.41, 5.74) is 2.86. The Morgan fingerprint density at radius 3 is 2.63 bits per heavy atom. The number of pyridine rings is 2. The van der Waals surface area contributed by atoms with Gasteiger partial charge in [0.15, 0.2) is 0 Å². The van der Waals surface area contributed by atoms with Crippen LogP contribution in [-0.2, 0) is 11.2 Å². The van der Waals surface area contributed by atoms with Gasteiger partial charge in [0.1, 0.15) is 5.69 Å². The molecular weight excluding hydrogens is 376 g/mol. The van der Waals surface area contributed by atoms with Crippen molar-refractivity contribution in [2.75, 3.05) is 20.1 Å². The fourth-order valence-corrected chi connectivity index (χ4v) is 4.21. The van der Waals surface area contributed by atoms with E-state index in [-0.39, 0.29) is 11.8 Å². The van der Waals surface area contributed by atoms with E-state index in [2.05, 4.69) is 27.4 Å². The number of hydrogen-bond acceptors (Lipinski definition) is 4. The summed E-state index contributed by atoms with van der Waals surface area (Å²) in [6.07, 6.45) is 6.34. The molecule has 1 aliphatic rings. The molecule has 1 saturated heterocycles. The minimum Gasteiger partial charge on any atom is -0.359 e. The highest BCUT2D eigenvalue weighted by atomic mass is 16.2. The number of nitrogens with zero attached hydrogens (tertiary/aromatic N) is 3. The normalized spacial score (nSPS) is 18.2. The van der Waals surface area contributed by atoms with Crippen molar-refractivity contribution in [3.05, 3.63) is 84.4 Å². The highest BCUT2D eigenvalue weighted by Gasteiger charge is 2.46. The number of likely N-dealkylation sites (tertiary alicyclic amines) is 1. The third-order valence-electron chi connectivity index (χ3n) is 5.75. The summed E-state index contributed by atoms with van der Waals surface area (Å²) in [5, 5.41) is 2.82. The summed E-state index contributed by atoms with van der Waals surface area (Å²) < 4.78 is 0. The molecule has 0 spiro atoms. The molecule has 0 bridgehead atoms. The predicted molar refractivity (Wildman–Crippen MR) is 115 cm³/mol. The Bertz CT molecular complexity index is 1040. The molecule has 1 fully saturated rings. The number of rotatable bonds is 5. The average molecular weight is 400 g/mol. The van der Waals surface area contributed by atoms with Crippen molar-refractivity contribution in [1.82, 2.24) is 20.2 Å². The number of hydrogen-bond donors (Lipinski definition) is 1. The summed E-state index contributed by atoms with van der Waals surface area (Å²) in [5.74, 6) is -0.179. The molecule has 2 aromatic heterocycles. The Labute approximate surface area is 176 Å². The lowest BCUT2D eigenvalue weighted by atomic mass is 9.78. The maximum atomic E-state index is 13.0. The zero-order valence-electron chi connectivity index (χ0n) is 16.9. The Kier molecular flexibility index (Phi) is 5.57. The van der Waals surface area contributed by atoms with Crippen LogP contribution in [0.25, 0.3) is 11.1 Å². The second-order valence-electron chi connectivity index (χ2n) is 7.63.